The van der Waals surface area contributed by atoms with Crippen molar-refractivity contribution < 1.29 is 0 Å². The van der Waals surface area contributed by atoms with Crippen LogP contribution in [0.2, 0.25) is 0 Å². The molecule has 3 unspecified atom stereocenters. The first-order valence-corrected chi connectivity index (χ1v) is 6.66. The van der Waals surface area contributed by atoms with Crippen LogP contribution < -0.4 is 5.32 Å². The lowest BCUT2D eigenvalue weighted by atomic mass is 9.92. The van der Waals surface area contributed by atoms with Crippen molar-refractivity contribution in [3.63, 3.8) is 0 Å². The van der Waals surface area contributed by atoms with Gasteiger partial charge in [0.1, 0.15) is 0 Å². The van der Waals surface area contributed by atoms with Crippen LogP contribution in [0.3, 0.4) is 0 Å². The molecule has 2 heteroatoms. The average Bonchev–Trinajstić information content (AvgIpc) is 2.27. The molecule has 0 saturated carbocycles. The Morgan fingerprint density at radius 3 is 2.67 bits per heavy atom. The molecule has 1 rings (SSSR count). The third kappa shape index (κ3) is 3.76. The molecule has 1 aliphatic heterocycles. The molecular weight excluding hydrogens is 184 g/mol. The Labute approximate surface area is 95.4 Å². The monoisotopic (exact) mass is 212 g/mol. The van der Waals surface area contributed by atoms with Gasteiger partial charge in [-0.3, -0.25) is 4.90 Å². The lowest BCUT2D eigenvalue weighted by Gasteiger charge is -2.36. The predicted molar refractivity (Wildman–Crippen MR) is 67.2 cm³/mol. The molecule has 15 heavy (non-hydrogen) atoms. The number of nitrogens with zero attached hydrogens (tertiary/aromatic N) is 1. The molecule has 90 valence electrons. The number of rotatable bonds is 5. The minimum atomic E-state index is 0.715. The molecule has 1 fully saturated rings. The number of likely N-dealkylation sites (N-methyl/N-ethyl adjacent to an activating group) is 1. The summed E-state index contributed by atoms with van der Waals surface area (Å²) < 4.78 is 0. The van der Waals surface area contributed by atoms with Gasteiger partial charge in [-0.15, -0.1) is 0 Å². The zero-order valence-electron chi connectivity index (χ0n) is 10.9. The SMILES string of the molecule is CCC(C)N(CC)CC1NCCCC1C. The Bertz CT molecular complexity index is 166. The van der Waals surface area contributed by atoms with Crippen molar-refractivity contribution in [3.8, 4) is 0 Å². The van der Waals surface area contributed by atoms with Crippen LogP contribution in [0.15, 0.2) is 0 Å². The molecule has 1 saturated heterocycles. The van der Waals surface area contributed by atoms with Crippen LogP contribution in [-0.2, 0) is 0 Å². The summed E-state index contributed by atoms with van der Waals surface area (Å²) in [5.74, 6) is 0.844. The summed E-state index contributed by atoms with van der Waals surface area (Å²) in [6.07, 6.45) is 4.01. The van der Waals surface area contributed by atoms with E-state index in [0.717, 1.165) is 12.0 Å². The maximum Gasteiger partial charge on any atom is 0.0220 e. The first-order chi connectivity index (χ1) is 7.19. The van der Waals surface area contributed by atoms with E-state index in [1.54, 1.807) is 0 Å². The van der Waals surface area contributed by atoms with Gasteiger partial charge in [-0.2, -0.15) is 0 Å². The molecule has 0 radical (unpaired) electrons. The van der Waals surface area contributed by atoms with Crippen molar-refractivity contribution in [2.45, 2.75) is 59.0 Å². The molecule has 3 atom stereocenters. The molecule has 0 aromatic carbocycles. The summed E-state index contributed by atoms with van der Waals surface area (Å²) >= 11 is 0. The van der Waals surface area contributed by atoms with Crippen molar-refractivity contribution in [1.82, 2.24) is 10.2 Å². The molecule has 1 N–H and O–H groups in total. The molecule has 0 aromatic heterocycles. The van der Waals surface area contributed by atoms with Gasteiger partial charge < -0.3 is 5.32 Å². The van der Waals surface area contributed by atoms with Gasteiger partial charge in [-0.1, -0.05) is 20.8 Å². The van der Waals surface area contributed by atoms with E-state index in [1.165, 1.54) is 38.9 Å². The summed E-state index contributed by atoms with van der Waals surface area (Å²) in [5, 5.41) is 3.67. The number of nitrogens with one attached hydrogen (secondary N) is 1. The minimum Gasteiger partial charge on any atom is -0.312 e. The summed E-state index contributed by atoms with van der Waals surface area (Å²) in [6, 6.07) is 1.44. The molecule has 0 bridgehead atoms. The maximum absolute atomic E-state index is 3.67. The highest BCUT2D eigenvalue weighted by atomic mass is 15.2. The fourth-order valence-electron chi connectivity index (χ4n) is 2.49. The third-order valence-electron chi connectivity index (χ3n) is 3.98. The fourth-order valence-corrected chi connectivity index (χ4v) is 2.49. The summed E-state index contributed by atoms with van der Waals surface area (Å²) in [7, 11) is 0. The first-order valence-electron chi connectivity index (χ1n) is 6.66. The molecule has 1 aliphatic rings. The van der Waals surface area contributed by atoms with Crippen molar-refractivity contribution in [2.75, 3.05) is 19.6 Å². The fraction of sp³-hybridized carbons (Fsp3) is 1.00. The first kappa shape index (κ1) is 13.0. The summed E-state index contributed by atoms with van der Waals surface area (Å²) in [6.45, 7) is 12.9. The van der Waals surface area contributed by atoms with Gasteiger partial charge in [0, 0.05) is 18.6 Å². The molecule has 0 spiro atoms. The van der Waals surface area contributed by atoms with Crippen molar-refractivity contribution in [3.05, 3.63) is 0 Å². The largest absolute Gasteiger partial charge is 0.312 e. The van der Waals surface area contributed by atoms with Crippen LogP contribution in [0, 0.1) is 5.92 Å². The molecule has 2 nitrogen and oxygen atoms in total. The Hall–Kier alpha value is -0.0800. The smallest absolute Gasteiger partial charge is 0.0220 e. The van der Waals surface area contributed by atoms with E-state index in [1.807, 2.05) is 0 Å². The molecular formula is C13H28N2. The Morgan fingerprint density at radius 2 is 2.13 bits per heavy atom. The van der Waals surface area contributed by atoms with Gasteiger partial charge in [0.15, 0.2) is 0 Å². The second-order valence-corrected chi connectivity index (χ2v) is 5.02. The lowest BCUT2D eigenvalue weighted by molar-refractivity contribution is 0.157. The minimum absolute atomic E-state index is 0.715. The van der Waals surface area contributed by atoms with Gasteiger partial charge in [-0.05, 0) is 45.2 Å². The van der Waals surface area contributed by atoms with Crippen molar-refractivity contribution >= 4 is 0 Å². The zero-order valence-corrected chi connectivity index (χ0v) is 10.9. The highest BCUT2D eigenvalue weighted by molar-refractivity contribution is 4.82. The average molecular weight is 212 g/mol. The normalized spacial score (nSPS) is 29.4. The Balaban J connectivity index is 2.42. The van der Waals surface area contributed by atoms with Gasteiger partial charge >= 0.3 is 0 Å². The topological polar surface area (TPSA) is 15.3 Å². The van der Waals surface area contributed by atoms with Gasteiger partial charge in [0.05, 0.1) is 0 Å². The standard InChI is InChI=1S/C13H28N2/c1-5-12(4)15(6-2)10-13-11(3)8-7-9-14-13/h11-14H,5-10H2,1-4H3. The summed E-state index contributed by atoms with van der Waals surface area (Å²) in [4.78, 5) is 2.61. The third-order valence-corrected chi connectivity index (χ3v) is 3.98. The molecule has 0 amide bonds. The number of hydrogen-bond donors (Lipinski definition) is 1. The second kappa shape index (κ2) is 6.49. The van der Waals surface area contributed by atoms with E-state index >= 15 is 0 Å². The Morgan fingerprint density at radius 1 is 1.40 bits per heavy atom. The van der Waals surface area contributed by atoms with Crippen LogP contribution in [0.1, 0.15) is 47.0 Å². The van der Waals surface area contributed by atoms with E-state index in [4.69, 9.17) is 0 Å². The molecule has 1 heterocycles. The van der Waals surface area contributed by atoms with E-state index < -0.39 is 0 Å². The zero-order chi connectivity index (χ0) is 11.3. The maximum atomic E-state index is 3.67. The van der Waals surface area contributed by atoms with E-state index in [0.29, 0.717) is 6.04 Å². The molecule has 0 aromatic rings. The van der Waals surface area contributed by atoms with Gasteiger partial charge in [-0.25, -0.2) is 0 Å². The lowest BCUT2D eigenvalue weighted by Crippen LogP contribution is -2.49. The van der Waals surface area contributed by atoms with E-state index in [-0.39, 0.29) is 0 Å². The molecule has 0 aliphatic carbocycles. The number of piperidine rings is 1. The predicted octanol–water partition coefficient (Wildman–Crippen LogP) is 2.49. The quantitative estimate of drug-likeness (QED) is 0.753. The van der Waals surface area contributed by atoms with Gasteiger partial charge in [0.25, 0.3) is 0 Å². The number of hydrogen-bond acceptors (Lipinski definition) is 2. The van der Waals surface area contributed by atoms with Crippen LogP contribution in [-0.4, -0.2) is 36.6 Å². The van der Waals surface area contributed by atoms with Crippen molar-refractivity contribution in [2.24, 2.45) is 5.92 Å². The van der Waals surface area contributed by atoms with Crippen LogP contribution in [0.5, 0.6) is 0 Å². The highest BCUT2D eigenvalue weighted by Crippen LogP contribution is 2.17. The van der Waals surface area contributed by atoms with Crippen LogP contribution >= 0.6 is 0 Å². The highest BCUT2D eigenvalue weighted by Gasteiger charge is 2.23. The van der Waals surface area contributed by atoms with Crippen LogP contribution in [0.25, 0.3) is 0 Å². The van der Waals surface area contributed by atoms with Crippen LogP contribution in [0.4, 0.5) is 0 Å². The van der Waals surface area contributed by atoms with E-state index in [2.05, 4.69) is 37.9 Å². The second-order valence-electron chi connectivity index (χ2n) is 5.02. The van der Waals surface area contributed by atoms with Crippen molar-refractivity contribution in [1.29, 1.82) is 0 Å². The van der Waals surface area contributed by atoms with Gasteiger partial charge in [0.2, 0.25) is 0 Å². The van der Waals surface area contributed by atoms with E-state index in [9.17, 15) is 0 Å². The Kier molecular flexibility index (Phi) is 5.62. The summed E-state index contributed by atoms with van der Waals surface area (Å²) in [5.41, 5.74) is 0.